The molecule has 3 aromatic rings. The predicted molar refractivity (Wildman–Crippen MR) is 132 cm³/mol. The Kier molecular flexibility index (Phi) is 8.28. The molecule has 1 unspecified atom stereocenters. The second-order valence-corrected chi connectivity index (χ2v) is 8.44. The van der Waals surface area contributed by atoms with Crippen molar-refractivity contribution in [1.29, 1.82) is 0 Å². The maximum Gasteiger partial charge on any atom is 0.327 e. The first kappa shape index (κ1) is 25.3. The summed E-state index contributed by atoms with van der Waals surface area (Å²) < 4.78 is 5.64. The number of aliphatic hydroxyl groups excluding tert-OH is 3. The van der Waals surface area contributed by atoms with Crippen LogP contribution in [0.2, 0.25) is 5.02 Å². The highest BCUT2D eigenvalue weighted by atomic mass is 35.5. The van der Waals surface area contributed by atoms with Gasteiger partial charge in [0.25, 0.3) is 0 Å². The molecule has 0 spiro atoms. The molecule has 2 heterocycles. The number of aliphatic imine (C=N–C) groups is 1. The Morgan fingerprint density at radius 2 is 1.78 bits per heavy atom. The first-order valence-corrected chi connectivity index (χ1v) is 11.5. The van der Waals surface area contributed by atoms with Gasteiger partial charge < -0.3 is 20.1 Å². The monoisotopic (exact) mass is 512 g/mol. The summed E-state index contributed by atoms with van der Waals surface area (Å²) in [5, 5.41) is 40.9. The van der Waals surface area contributed by atoms with Gasteiger partial charge in [0, 0.05) is 43.0 Å². The van der Waals surface area contributed by atoms with E-state index < -0.39 is 18.3 Å². The number of aromatic nitrogens is 2. The van der Waals surface area contributed by atoms with Crippen molar-refractivity contribution in [2.45, 2.75) is 12.9 Å². The lowest BCUT2D eigenvalue weighted by molar-refractivity contribution is -0.0788. The standard InChI is InChI=1S/C24H25ClN6O5/c25-18-5-3-16(4-6-18)12-30-22(28-23(34)31(24(30)35)13-17(14-32)15-33)27-19-7-9-20(10-8-19)36-21-2-1-11-26-29-21/h1-11,17,24,32-33,35H,12-15H2,(H,27,28,34). The molecule has 188 valence electrons. The number of carbonyl (C=O) groups is 1. The molecule has 1 fully saturated rings. The molecule has 2 amide bonds. The molecule has 4 N–H and O–H groups in total. The zero-order chi connectivity index (χ0) is 25.5. The van der Waals surface area contributed by atoms with Crippen molar-refractivity contribution in [3.63, 3.8) is 0 Å². The molecule has 0 radical (unpaired) electrons. The van der Waals surface area contributed by atoms with Gasteiger partial charge in [-0.25, -0.2) is 9.79 Å². The summed E-state index contributed by atoms with van der Waals surface area (Å²) in [5.41, 5.74) is 1.32. The Labute approximate surface area is 212 Å². The molecular formula is C24H25ClN6O5. The van der Waals surface area contributed by atoms with Crippen LogP contribution in [0.15, 0.2) is 71.9 Å². The third-order valence-electron chi connectivity index (χ3n) is 5.39. The molecule has 11 nitrogen and oxygen atoms in total. The van der Waals surface area contributed by atoms with Gasteiger partial charge in [0.1, 0.15) is 5.75 Å². The van der Waals surface area contributed by atoms with Gasteiger partial charge in [0.15, 0.2) is 0 Å². The maximum absolute atomic E-state index is 12.8. The van der Waals surface area contributed by atoms with Crippen molar-refractivity contribution in [1.82, 2.24) is 25.3 Å². The molecule has 4 rings (SSSR count). The second-order valence-electron chi connectivity index (χ2n) is 8.01. The van der Waals surface area contributed by atoms with Crippen molar-refractivity contribution in [2.75, 3.05) is 19.8 Å². The Bertz CT molecular complexity index is 1180. The zero-order valence-corrected chi connectivity index (χ0v) is 19.9. The number of halogens is 1. The van der Waals surface area contributed by atoms with Crippen LogP contribution in [0.5, 0.6) is 11.6 Å². The Morgan fingerprint density at radius 1 is 1.06 bits per heavy atom. The summed E-state index contributed by atoms with van der Waals surface area (Å²) in [6.07, 6.45) is 0.150. The van der Waals surface area contributed by atoms with E-state index >= 15 is 0 Å². The number of hydrogen-bond donors (Lipinski definition) is 4. The number of rotatable bonds is 9. The SMILES string of the molecule is O=C1NC(=Nc2ccc(Oc3cccnn3)cc2)N(Cc2ccc(Cl)cc2)C(O)N1CC(CO)CO. The molecule has 36 heavy (non-hydrogen) atoms. The van der Waals surface area contributed by atoms with Gasteiger partial charge in [0.05, 0.1) is 12.2 Å². The van der Waals surface area contributed by atoms with Crippen LogP contribution in [0, 0.1) is 5.92 Å². The van der Waals surface area contributed by atoms with Crippen LogP contribution >= 0.6 is 11.6 Å². The minimum absolute atomic E-state index is 0.0567. The highest BCUT2D eigenvalue weighted by Gasteiger charge is 2.37. The maximum atomic E-state index is 12.8. The highest BCUT2D eigenvalue weighted by molar-refractivity contribution is 6.30. The lowest BCUT2D eigenvalue weighted by atomic mass is 10.1. The van der Waals surface area contributed by atoms with E-state index in [0.29, 0.717) is 22.3 Å². The molecule has 1 aliphatic heterocycles. The van der Waals surface area contributed by atoms with Crippen molar-refractivity contribution in [2.24, 2.45) is 10.9 Å². The molecule has 0 saturated carbocycles. The lowest BCUT2D eigenvalue weighted by Crippen LogP contribution is -2.66. The molecule has 1 saturated heterocycles. The Morgan fingerprint density at radius 3 is 2.42 bits per heavy atom. The number of nitrogens with one attached hydrogen (secondary N) is 1. The summed E-state index contributed by atoms with van der Waals surface area (Å²) in [5.74, 6) is 0.391. The van der Waals surface area contributed by atoms with Crippen molar-refractivity contribution >= 4 is 29.3 Å². The Hall–Kier alpha value is -3.77. The molecule has 0 aliphatic carbocycles. The van der Waals surface area contributed by atoms with Crippen LogP contribution in [0.1, 0.15) is 5.56 Å². The molecule has 0 bridgehead atoms. The number of carbonyl (C=O) groups excluding carboxylic acids is 1. The normalized spacial score (nSPS) is 17.0. The van der Waals surface area contributed by atoms with E-state index in [-0.39, 0.29) is 32.3 Å². The molecular weight excluding hydrogens is 488 g/mol. The van der Waals surface area contributed by atoms with Gasteiger partial charge in [-0.1, -0.05) is 23.7 Å². The van der Waals surface area contributed by atoms with Crippen LogP contribution in [-0.2, 0) is 6.54 Å². The summed E-state index contributed by atoms with van der Waals surface area (Å²) in [6.45, 7) is -0.536. The van der Waals surface area contributed by atoms with Crippen LogP contribution < -0.4 is 10.1 Å². The number of ether oxygens (including phenoxy) is 1. The first-order valence-electron chi connectivity index (χ1n) is 11.1. The zero-order valence-electron chi connectivity index (χ0n) is 19.1. The highest BCUT2D eigenvalue weighted by Crippen LogP contribution is 2.24. The Balaban J connectivity index is 1.58. The van der Waals surface area contributed by atoms with Crippen molar-refractivity contribution in [3.8, 4) is 11.6 Å². The van der Waals surface area contributed by atoms with Gasteiger partial charge in [-0.2, -0.15) is 5.10 Å². The minimum Gasteiger partial charge on any atom is -0.438 e. The second kappa shape index (κ2) is 11.8. The third-order valence-corrected chi connectivity index (χ3v) is 5.64. The van der Waals surface area contributed by atoms with Crippen LogP contribution in [0.3, 0.4) is 0 Å². The number of aliphatic hydroxyl groups is 3. The molecule has 1 aliphatic rings. The van der Waals surface area contributed by atoms with Gasteiger partial charge in [-0.05, 0) is 48.0 Å². The molecule has 2 aromatic carbocycles. The van der Waals surface area contributed by atoms with E-state index in [9.17, 15) is 20.1 Å². The van der Waals surface area contributed by atoms with Gasteiger partial charge in [0.2, 0.25) is 18.2 Å². The number of benzene rings is 2. The van der Waals surface area contributed by atoms with E-state index in [2.05, 4.69) is 20.5 Å². The summed E-state index contributed by atoms with van der Waals surface area (Å²) in [4.78, 5) is 20.0. The largest absolute Gasteiger partial charge is 0.438 e. The summed E-state index contributed by atoms with van der Waals surface area (Å²) >= 11 is 6.00. The lowest BCUT2D eigenvalue weighted by Gasteiger charge is -2.43. The van der Waals surface area contributed by atoms with Crippen LogP contribution in [0.25, 0.3) is 0 Å². The topological polar surface area (TPSA) is 144 Å². The fraction of sp³-hybridized carbons (Fsp3) is 0.250. The summed E-state index contributed by atoms with van der Waals surface area (Å²) in [7, 11) is 0. The fourth-order valence-electron chi connectivity index (χ4n) is 3.46. The van der Waals surface area contributed by atoms with Crippen LogP contribution in [-0.4, -0.2) is 73.4 Å². The van der Waals surface area contributed by atoms with E-state index in [1.807, 2.05) is 0 Å². The number of urea groups is 1. The quantitative estimate of drug-likeness (QED) is 0.342. The molecule has 12 heteroatoms. The van der Waals surface area contributed by atoms with Gasteiger partial charge in [-0.15, -0.1) is 5.10 Å². The van der Waals surface area contributed by atoms with Crippen molar-refractivity contribution in [3.05, 3.63) is 77.4 Å². The molecule has 1 aromatic heterocycles. The number of amides is 2. The number of guanidine groups is 1. The smallest absolute Gasteiger partial charge is 0.327 e. The first-order chi connectivity index (χ1) is 17.5. The predicted octanol–water partition coefficient (Wildman–Crippen LogP) is 2.31. The van der Waals surface area contributed by atoms with E-state index in [1.165, 1.54) is 4.90 Å². The van der Waals surface area contributed by atoms with Gasteiger partial charge >= 0.3 is 6.03 Å². The van der Waals surface area contributed by atoms with E-state index in [4.69, 9.17) is 16.3 Å². The third kappa shape index (κ3) is 6.26. The number of hydrogen-bond acceptors (Lipinski definition) is 8. The van der Waals surface area contributed by atoms with Gasteiger partial charge in [-0.3, -0.25) is 15.1 Å². The number of nitrogens with zero attached hydrogens (tertiary/aromatic N) is 5. The minimum atomic E-state index is -1.40. The summed E-state index contributed by atoms with van der Waals surface area (Å²) in [6, 6.07) is 16.6. The van der Waals surface area contributed by atoms with E-state index in [0.717, 1.165) is 10.5 Å². The fourth-order valence-corrected chi connectivity index (χ4v) is 3.59. The average Bonchev–Trinajstić information content (AvgIpc) is 2.89. The molecule has 1 atom stereocenters. The van der Waals surface area contributed by atoms with Crippen LogP contribution in [0.4, 0.5) is 10.5 Å². The van der Waals surface area contributed by atoms with Crippen molar-refractivity contribution < 1.29 is 24.9 Å². The van der Waals surface area contributed by atoms with E-state index in [1.54, 1.807) is 66.9 Å². The average molecular weight is 513 g/mol.